The van der Waals surface area contributed by atoms with Crippen molar-refractivity contribution in [1.29, 1.82) is 0 Å². The molecule has 0 fully saturated rings. The monoisotopic (exact) mass is 301 g/mol. The van der Waals surface area contributed by atoms with Crippen molar-refractivity contribution in [3.8, 4) is 11.1 Å². The van der Waals surface area contributed by atoms with Crippen LogP contribution in [0.15, 0.2) is 42.3 Å². The Morgan fingerprint density at radius 3 is 2.71 bits per heavy atom. The number of thiophene rings is 1. The summed E-state index contributed by atoms with van der Waals surface area (Å²) in [5, 5.41) is 6.01. The number of ether oxygens (including phenoxy) is 1. The predicted octanol–water partition coefficient (Wildman–Crippen LogP) is 4.50. The van der Waals surface area contributed by atoms with E-state index in [1.165, 1.54) is 16.9 Å². The van der Waals surface area contributed by atoms with Crippen LogP contribution >= 0.6 is 11.3 Å². The van der Waals surface area contributed by atoms with E-state index in [4.69, 9.17) is 4.74 Å². The van der Waals surface area contributed by atoms with E-state index < -0.39 is 0 Å². The first-order chi connectivity index (χ1) is 10.2. The summed E-state index contributed by atoms with van der Waals surface area (Å²) < 4.78 is 5.19. The highest BCUT2D eigenvalue weighted by Gasteiger charge is 2.21. The van der Waals surface area contributed by atoms with Crippen LogP contribution in [0.5, 0.6) is 0 Å². The lowest BCUT2D eigenvalue weighted by molar-refractivity contribution is 0.0529. The largest absolute Gasteiger partial charge is 0.462 e. The zero-order valence-electron chi connectivity index (χ0n) is 12.3. The number of esters is 1. The van der Waals surface area contributed by atoms with Crippen molar-refractivity contribution in [2.24, 2.45) is 0 Å². The number of carbonyl (C=O) groups excluding carboxylic acids is 1. The van der Waals surface area contributed by atoms with Gasteiger partial charge >= 0.3 is 5.97 Å². The van der Waals surface area contributed by atoms with Crippen LogP contribution in [-0.4, -0.2) is 19.1 Å². The number of benzene rings is 1. The van der Waals surface area contributed by atoms with E-state index in [1.807, 2.05) is 43.5 Å². The Morgan fingerprint density at radius 1 is 1.38 bits per heavy atom. The molecular formula is C17H19NO2S. The first-order valence-corrected chi connectivity index (χ1v) is 7.75. The lowest BCUT2D eigenvalue weighted by Gasteiger charge is -2.08. The van der Waals surface area contributed by atoms with E-state index in [-0.39, 0.29) is 5.97 Å². The fourth-order valence-corrected chi connectivity index (χ4v) is 2.97. The quantitative estimate of drug-likeness (QED) is 0.630. The van der Waals surface area contributed by atoms with Gasteiger partial charge in [-0.05, 0) is 19.4 Å². The number of hydrogen-bond acceptors (Lipinski definition) is 4. The molecule has 0 saturated heterocycles. The molecule has 1 heterocycles. The average Bonchev–Trinajstić information content (AvgIpc) is 2.90. The Hall–Kier alpha value is -2.07. The molecule has 1 N–H and O–H groups in total. The smallest absolute Gasteiger partial charge is 0.341 e. The third-order valence-corrected chi connectivity index (χ3v) is 3.98. The van der Waals surface area contributed by atoms with Crippen molar-refractivity contribution in [3.05, 3.63) is 53.4 Å². The van der Waals surface area contributed by atoms with Crippen molar-refractivity contribution < 1.29 is 9.53 Å². The second kappa shape index (κ2) is 7.09. The van der Waals surface area contributed by atoms with Gasteiger partial charge in [-0.15, -0.1) is 17.9 Å². The minimum Gasteiger partial charge on any atom is -0.462 e. The maximum atomic E-state index is 12.3. The highest BCUT2D eigenvalue weighted by molar-refractivity contribution is 7.15. The van der Waals surface area contributed by atoms with Gasteiger partial charge in [0.25, 0.3) is 0 Å². The van der Waals surface area contributed by atoms with Crippen molar-refractivity contribution >= 4 is 22.3 Å². The molecule has 0 radical (unpaired) electrons. The van der Waals surface area contributed by atoms with Crippen LogP contribution in [0.25, 0.3) is 11.1 Å². The minimum absolute atomic E-state index is 0.291. The number of aryl methyl sites for hydroxylation is 1. The predicted molar refractivity (Wildman–Crippen MR) is 89.1 cm³/mol. The summed E-state index contributed by atoms with van der Waals surface area (Å²) in [5.74, 6) is -0.291. The molecule has 0 aliphatic rings. The van der Waals surface area contributed by atoms with Crippen molar-refractivity contribution in [2.75, 3.05) is 18.5 Å². The Bertz CT molecular complexity index is 629. The van der Waals surface area contributed by atoms with E-state index in [2.05, 4.69) is 11.9 Å². The SMILES string of the molecule is C=CCNc1scc(-c2ccc(C)cc2)c1C(=O)OCC. The van der Waals surface area contributed by atoms with E-state index in [0.717, 1.165) is 16.1 Å². The third kappa shape index (κ3) is 3.52. The molecule has 0 amide bonds. The molecule has 0 bridgehead atoms. The van der Waals surface area contributed by atoms with Gasteiger partial charge in [-0.2, -0.15) is 0 Å². The van der Waals surface area contributed by atoms with Gasteiger partial charge in [0.1, 0.15) is 10.6 Å². The van der Waals surface area contributed by atoms with E-state index >= 15 is 0 Å². The van der Waals surface area contributed by atoms with Gasteiger partial charge in [0, 0.05) is 17.5 Å². The van der Waals surface area contributed by atoms with Crippen LogP contribution in [0.3, 0.4) is 0 Å². The molecule has 1 aromatic carbocycles. The fourth-order valence-electron chi connectivity index (χ4n) is 2.00. The number of nitrogens with one attached hydrogen (secondary N) is 1. The van der Waals surface area contributed by atoms with Crippen LogP contribution in [0.4, 0.5) is 5.00 Å². The molecule has 0 saturated carbocycles. The van der Waals surface area contributed by atoms with Gasteiger partial charge < -0.3 is 10.1 Å². The summed E-state index contributed by atoms with van der Waals surface area (Å²) in [6.45, 7) is 8.52. The van der Waals surface area contributed by atoms with Gasteiger partial charge in [0.15, 0.2) is 0 Å². The van der Waals surface area contributed by atoms with Crippen molar-refractivity contribution in [2.45, 2.75) is 13.8 Å². The van der Waals surface area contributed by atoms with Gasteiger partial charge in [-0.3, -0.25) is 0 Å². The summed E-state index contributed by atoms with van der Waals surface area (Å²) >= 11 is 1.51. The Morgan fingerprint density at radius 2 is 2.10 bits per heavy atom. The summed E-state index contributed by atoms with van der Waals surface area (Å²) in [4.78, 5) is 12.3. The maximum absolute atomic E-state index is 12.3. The Kier molecular flexibility index (Phi) is 5.17. The summed E-state index contributed by atoms with van der Waals surface area (Å²) in [7, 11) is 0. The summed E-state index contributed by atoms with van der Waals surface area (Å²) in [6, 6.07) is 8.13. The third-order valence-electron chi connectivity index (χ3n) is 3.04. The van der Waals surface area contributed by atoms with Gasteiger partial charge in [0.05, 0.1) is 6.61 Å². The minimum atomic E-state index is -0.291. The van der Waals surface area contributed by atoms with Crippen molar-refractivity contribution in [3.63, 3.8) is 0 Å². The van der Waals surface area contributed by atoms with Gasteiger partial charge in [0.2, 0.25) is 0 Å². The Balaban J connectivity index is 2.44. The van der Waals surface area contributed by atoms with Crippen LogP contribution in [0, 0.1) is 6.92 Å². The molecule has 21 heavy (non-hydrogen) atoms. The lowest BCUT2D eigenvalue weighted by atomic mass is 10.0. The molecule has 0 aliphatic carbocycles. The number of carbonyl (C=O) groups is 1. The van der Waals surface area contributed by atoms with Gasteiger partial charge in [-0.25, -0.2) is 4.79 Å². The van der Waals surface area contributed by atoms with Crippen LogP contribution in [0.1, 0.15) is 22.8 Å². The molecule has 1 aromatic heterocycles. The Labute approximate surface area is 129 Å². The highest BCUT2D eigenvalue weighted by Crippen LogP contribution is 2.36. The lowest BCUT2D eigenvalue weighted by Crippen LogP contribution is -2.08. The molecule has 110 valence electrons. The fraction of sp³-hybridized carbons (Fsp3) is 0.235. The molecule has 2 aromatic rings. The van der Waals surface area contributed by atoms with Crippen LogP contribution < -0.4 is 5.32 Å². The van der Waals surface area contributed by atoms with Gasteiger partial charge in [-0.1, -0.05) is 35.9 Å². The first-order valence-electron chi connectivity index (χ1n) is 6.87. The van der Waals surface area contributed by atoms with E-state index in [0.29, 0.717) is 18.7 Å². The normalized spacial score (nSPS) is 10.2. The molecule has 3 nitrogen and oxygen atoms in total. The average molecular weight is 301 g/mol. The van der Waals surface area contributed by atoms with Crippen LogP contribution in [0.2, 0.25) is 0 Å². The van der Waals surface area contributed by atoms with Crippen LogP contribution in [-0.2, 0) is 4.74 Å². The highest BCUT2D eigenvalue weighted by atomic mass is 32.1. The molecule has 4 heteroatoms. The first kappa shape index (κ1) is 15.3. The zero-order chi connectivity index (χ0) is 15.2. The number of anilines is 1. The molecule has 2 rings (SSSR count). The second-order valence-electron chi connectivity index (χ2n) is 4.61. The standard InChI is InChI=1S/C17H19NO2S/c1-4-10-18-16-15(17(19)20-5-2)14(11-21-16)13-8-6-12(3)7-9-13/h4,6-9,11,18H,1,5,10H2,2-3H3. The molecule has 0 unspecified atom stereocenters. The summed E-state index contributed by atoms with van der Waals surface area (Å²) in [5.41, 5.74) is 3.72. The summed E-state index contributed by atoms with van der Waals surface area (Å²) in [6.07, 6.45) is 1.76. The van der Waals surface area contributed by atoms with E-state index in [1.54, 1.807) is 6.08 Å². The van der Waals surface area contributed by atoms with E-state index in [9.17, 15) is 4.79 Å². The second-order valence-corrected chi connectivity index (χ2v) is 5.49. The molecule has 0 spiro atoms. The van der Waals surface area contributed by atoms with Crippen molar-refractivity contribution in [1.82, 2.24) is 0 Å². The number of rotatable bonds is 6. The maximum Gasteiger partial charge on any atom is 0.341 e. The zero-order valence-corrected chi connectivity index (χ0v) is 13.1. The molecule has 0 aliphatic heterocycles. The molecule has 0 atom stereocenters. The topological polar surface area (TPSA) is 38.3 Å². The molecular weight excluding hydrogens is 282 g/mol. The number of hydrogen-bond donors (Lipinski definition) is 1.